The standard InChI is InChI=1S/C5H11F.C4H10O/c1-4-5(2,3)6;1-2-3-4-5/h4H2,1-3H3;5H,2-4H2,1H3. The predicted molar refractivity (Wildman–Crippen MR) is 47.5 cm³/mol. The van der Waals surface area contributed by atoms with Crippen LogP contribution in [0.4, 0.5) is 4.39 Å². The summed E-state index contributed by atoms with van der Waals surface area (Å²) in [6.07, 6.45) is 2.64. The van der Waals surface area contributed by atoms with Gasteiger partial charge in [-0.25, -0.2) is 4.39 Å². The maximum Gasteiger partial charge on any atom is 0.105 e. The lowest BCUT2D eigenvalue weighted by Crippen LogP contribution is -2.07. The molecule has 0 bridgehead atoms. The summed E-state index contributed by atoms with van der Waals surface area (Å²) < 4.78 is 12.1. The molecule has 0 unspecified atom stereocenters. The van der Waals surface area contributed by atoms with E-state index in [4.69, 9.17) is 5.11 Å². The Kier molecular flexibility index (Phi) is 9.79. The van der Waals surface area contributed by atoms with Gasteiger partial charge in [-0.2, -0.15) is 0 Å². The van der Waals surface area contributed by atoms with Gasteiger partial charge in [0.05, 0.1) is 0 Å². The van der Waals surface area contributed by atoms with Crippen molar-refractivity contribution in [2.24, 2.45) is 0 Å². The van der Waals surface area contributed by atoms with Crippen LogP contribution in [0.15, 0.2) is 0 Å². The lowest BCUT2D eigenvalue weighted by atomic mass is 10.1. The number of aliphatic hydroxyl groups excluding tert-OH is 1. The average Bonchev–Trinajstić information content (AvgIpc) is 1.90. The molecule has 0 aliphatic carbocycles. The molecule has 0 aliphatic rings. The Morgan fingerprint density at radius 1 is 1.27 bits per heavy atom. The van der Waals surface area contributed by atoms with Crippen molar-refractivity contribution in [3.8, 4) is 0 Å². The first-order chi connectivity index (χ1) is 4.97. The zero-order chi connectivity index (χ0) is 9.33. The number of hydrogen-bond acceptors (Lipinski definition) is 1. The number of rotatable bonds is 3. The fourth-order valence-corrected chi connectivity index (χ4v) is 0.158. The van der Waals surface area contributed by atoms with Crippen molar-refractivity contribution in [2.75, 3.05) is 6.61 Å². The third kappa shape index (κ3) is 25.7. The number of halogens is 1. The number of unbranched alkanes of at least 4 members (excludes halogenated alkanes) is 1. The van der Waals surface area contributed by atoms with E-state index >= 15 is 0 Å². The van der Waals surface area contributed by atoms with E-state index in [1.54, 1.807) is 13.8 Å². The van der Waals surface area contributed by atoms with Crippen LogP contribution in [-0.2, 0) is 0 Å². The Hall–Kier alpha value is -0.110. The van der Waals surface area contributed by atoms with Gasteiger partial charge in [0.1, 0.15) is 5.67 Å². The summed E-state index contributed by atoms with van der Waals surface area (Å²) in [5.41, 5.74) is -0.958. The molecule has 0 aliphatic heterocycles. The highest BCUT2D eigenvalue weighted by Crippen LogP contribution is 2.10. The molecule has 0 radical (unpaired) electrons. The van der Waals surface area contributed by atoms with E-state index in [0.29, 0.717) is 13.0 Å². The van der Waals surface area contributed by atoms with Crippen molar-refractivity contribution in [3.05, 3.63) is 0 Å². The van der Waals surface area contributed by atoms with Gasteiger partial charge in [-0.05, 0) is 26.7 Å². The third-order valence-electron chi connectivity index (χ3n) is 1.35. The van der Waals surface area contributed by atoms with Crippen molar-refractivity contribution in [2.45, 2.75) is 52.6 Å². The number of aliphatic hydroxyl groups is 1. The summed E-state index contributed by atoms with van der Waals surface area (Å²) in [5.74, 6) is 0. The van der Waals surface area contributed by atoms with Crippen molar-refractivity contribution in [3.63, 3.8) is 0 Å². The van der Waals surface area contributed by atoms with E-state index in [2.05, 4.69) is 6.92 Å². The van der Waals surface area contributed by atoms with E-state index in [1.165, 1.54) is 0 Å². The maximum absolute atomic E-state index is 12.1. The molecule has 0 heterocycles. The molecule has 0 amide bonds. The van der Waals surface area contributed by atoms with Crippen molar-refractivity contribution in [1.29, 1.82) is 0 Å². The summed E-state index contributed by atoms with van der Waals surface area (Å²) >= 11 is 0. The van der Waals surface area contributed by atoms with E-state index in [9.17, 15) is 4.39 Å². The van der Waals surface area contributed by atoms with Gasteiger partial charge >= 0.3 is 0 Å². The molecule has 0 saturated heterocycles. The van der Waals surface area contributed by atoms with Crippen LogP contribution < -0.4 is 0 Å². The Morgan fingerprint density at radius 2 is 1.64 bits per heavy atom. The lowest BCUT2D eigenvalue weighted by Gasteiger charge is -2.07. The topological polar surface area (TPSA) is 20.2 Å². The van der Waals surface area contributed by atoms with E-state index < -0.39 is 5.67 Å². The van der Waals surface area contributed by atoms with Gasteiger partial charge in [0.25, 0.3) is 0 Å². The summed E-state index contributed by atoms with van der Waals surface area (Å²) in [5, 5.41) is 8.07. The molecule has 0 spiro atoms. The van der Waals surface area contributed by atoms with Crippen LogP contribution >= 0.6 is 0 Å². The average molecular weight is 164 g/mol. The minimum Gasteiger partial charge on any atom is -0.396 e. The normalized spacial score (nSPS) is 10.4. The van der Waals surface area contributed by atoms with Crippen LogP contribution in [0.2, 0.25) is 0 Å². The number of alkyl halides is 1. The van der Waals surface area contributed by atoms with Crippen LogP contribution in [0.5, 0.6) is 0 Å². The second kappa shape index (κ2) is 7.99. The molecule has 0 aromatic heterocycles. The van der Waals surface area contributed by atoms with Crippen molar-refractivity contribution < 1.29 is 9.50 Å². The molecule has 1 N–H and O–H groups in total. The molecule has 0 saturated carbocycles. The molecule has 0 rings (SSSR count). The van der Waals surface area contributed by atoms with E-state index in [0.717, 1.165) is 12.8 Å². The van der Waals surface area contributed by atoms with E-state index in [1.807, 2.05) is 6.92 Å². The summed E-state index contributed by atoms with van der Waals surface area (Å²) in [7, 11) is 0. The first-order valence-electron chi connectivity index (χ1n) is 4.27. The SMILES string of the molecule is CCC(C)(C)F.CCCCO. The van der Waals surface area contributed by atoms with Gasteiger partial charge < -0.3 is 5.11 Å². The highest BCUT2D eigenvalue weighted by atomic mass is 19.1. The molecule has 0 fully saturated rings. The smallest absolute Gasteiger partial charge is 0.105 e. The zero-order valence-corrected chi connectivity index (χ0v) is 8.15. The fraction of sp³-hybridized carbons (Fsp3) is 1.00. The number of hydrogen-bond donors (Lipinski definition) is 1. The van der Waals surface area contributed by atoms with Gasteiger partial charge in [0.15, 0.2) is 0 Å². The first-order valence-corrected chi connectivity index (χ1v) is 4.27. The largest absolute Gasteiger partial charge is 0.396 e. The van der Waals surface area contributed by atoms with Crippen LogP contribution in [0, 0.1) is 0 Å². The van der Waals surface area contributed by atoms with Gasteiger partial charge in [-0.15, -0.1) is 0 Å². The van der Waals surface area contributed by atoms with Crippen molar-refractivity contribution in [1.82, 2.24) is 0 Å². The second-order valence-corrected chi connectivity index (χ2v) is 3.15. The lowest BCUT2D eigenvalue weighted by molar-refractivity contribution is 0.210. The summed E-state index contributed by atoms with van der Waals surface area (Å²) in [4.78, 5) is 0. The highest BCUT2D eigenvalue weighted by molar-refractivity contribution is 4.60. The van der Waals surface area contributed by atoms with Gasteiger partial charge in [-0.1, -0.05) is 20.3 Å². The van der Waals surface area contributed by atoms with Crippen LogP contribution in [0.1, 0.15) is 47.0 Å². The monoisotopic (exact) mass is 164 g/mol. The molecule has 70 valence electrons. The van der Waals surface area contributed by atoms with Crippen LogP contribution in [0.3, 0.4) is 0 Å². The van der Waals surface area contributed by atoms with Crippen LogP contribution in [0.25, 0.3) is 0 Å². The Morgan fingerprint density at radius 3 is 1.64 bits per heavy atom. The zero-order valence-electron chi connectivity index (χ0n) is 8.15. The molecule has 0 atom stereocenters. The van der Waals surface area contributed by atoms with E-state index in [-0.39, 0.29) is 0 Å². The maximum atomic E-state index is 12.1. The van der Waals surface area contributed by atoms with Crippen molar-refractivity contribution >= 4 is 0 Å². The predicted octanol–water partition coefficient (Wildman–Crippen LogP) is 2.92. The molecule has 1 nitrogen and oxygen atoms in total. The summed E-state index contributed by atoms with van der Waals surface area (Å²) in [6, 6.07) is 0. The quantitative estimate of drug-likeness (QED) is 0.680. The molecule has 2 heteroatoms. The fourth-order valence-electron chi connectivity index (χ4n) is 0.158. The highest BCUT2D eigenvalue weighted by Gasteiger charge is 2.09. The molecule has 0 aromatic rings. The minimum absolute atomic E-state index is 0.344. The molecule has 0 aromatic carbocycles. The third-order valence-corrected chi connectivity index (χ3v) is 1.35. The first kappa shape index (κ1) is 13.5. The second-order valence-electron chi connectivity index (χ2n) is 3.15. The van der Waals surface area contributed by atoms with Crippen LogP contribution in [-0.4, -0.2) is 17.4 Å². The molecule has 11 heavy (non-hydrogen) atoms. The Balaban J connectivity index is 0. The minimum atomic E-state index is -0.958. The molecular weight excluding hydrogens is 143 g/mol. The Bertz CT molecular complexity index is 64.5. The van der Waals surface area contributed by atoms with Gasteiger partial charge in [0.2, 0.25) is 0 Å². The van der Waals surface area contributed by atoms with Gasteiger partial charge in [-0.3, -0.25) is 0 Å². The Labute approximate surface area is 69.6 Å². The van der Waals surface area contributed by atoms with Gasteiger partial charge in [0, 0.05) is 6.61 Å². The molecular formula is C9H21FO. The summed E-state index contributed by atoms with van der Waals surface area (Å²) in [6.45, 7) is 7.38.